The van der Waals surface area contributed by atoms with Crippen molar-refractivity contribution in [1.82, 2.24) is 4.57 Å². The number of ether oxygens (including phenoxy) is 1. The molecule has 0 radical (unpaired) electrons. The Morgan fingerprint density at radius 1 is 1.53 bits per heavy atom. The van der Waals surface area contributed by atoms with Gasteiger partial charge in [0, 0.05) is 23.5 Å². The number of ketones is 1. The quantitative estimate of drug-likeness (QED) is 0.316. The van der Waals surface area contributed by atoms with Crippen LogP contribution in [-0.2, 0) is 11.3 Å². The largest absolute Gasteiger partial charge is 0.379 e. The Labute approximate surface area is 120 Å². The van der Waals surface area contributed by atoms with Gasteiger partial charge in [0.1, 0.15) is 0 Å². The molecule has 1 heterocycles. The molecule has 1 unspecified atom stereocenters. The molecule has 106 valence electrons. The van der Waals surface area contributed by atoms with Crippen molar-refractivity contribution >= 4 is 17.4 Å². The van der Waals surface area contributed by atoms with E-state index < -0.39 is 5.38 Å². The van der Waals surface area contributed by atoms with E-state index >= 15 is 0 Å². The van der Waals surface area contributed by atoms with Gasteiger partial charge in [0.15, 0.2) is 5.78 Å². The van der Waals surface area contributed by atoms with Crippen molar-refractivity contribution in [1.29, 1.82) is 0 Å². The lowest BCUT2D eigenvalue weighted by molar-refractivity contribution is 0.0990. The summed E-state index contributed by atoms with van der Waals surface area (Å²) in [5.74, 6) is -0.0198. The highest BCUT2D eigenvalue weighted by molar-refractivity contribution is 6.33. The average molecular weight is 284 g/mol. The van der Waals surface area contributed by atoms with Crippen LogP contribution in [0.25, 0.3) is 0 Å². The van der Waals surface area contributed by atoms with Gasteiger partial charge in [-0.15, -0.1) is 18.2 Å². The van der Waals surface area contributed by atoms with Crippen molar-refractivity contribution in [3.8, 4) is 0 Å². The normalized spacial score (nSPS) is 12.4. The van der Waals surface area contributed by atoms with Gasteiger partial charge in [0.25, 0.3) is 0 Å². The summed E-state index contributed by atoms with van der Waals surface area (Å²) in [6, 6.07) is 1.90. The Balaban J connectivity index is 2.69. The summed E-state index contributed by atoms with van der Waals surface area (Å²) in [6.07, 6.45) is 2.70. The molecular weight excluding hydrogens is 262 g/mol. The number of carbonyl (C=O) groups excluding carboxylic acids is 1. The topological polar surface area (TPSA) is 31.2 Å². The van der Waals surface area contributed by atoms with Crippen molar-refractivity contribution in [2.24, 2.45) is 0 Å². The van der Waals surface area contributed by atoms with Crippen molar-refractivity contribution in [3.63, 3.8) is 0 Å². The molecule has 4 heteroatoms. The van der Waals surface area contributed by atoms with E-state index in [2.05, 4.69) is 11.1 Å². The highest BCUT2D eigenvalue weighted by Crippen LogP contribution is 2.18. The van der Waals surface area contributed by atoms with Gasteiger partial charge >= 0.3 is 0 Å². The Hall–Kier alpha value is -1.06. The molecule has 1 rings (SSSR count). The van der Waals surface area contributed by atoms with Gasteiger partial charge in [-0.2, -0.15) is 0 Å². The van der Waals surface area contributed by atoms with Gasteiger partial charge in [-0.05, 0) is 33.3 Å². The number of halogens is 1. The number of Topliss-reactive ketones (excluding diaryl/α,β-unsaturated/α-hetero) is 1. The van der Waals surface area contributed by atoms with E-state index in [0.29, 0.717) is 18.8 Å². The first-order chi connectivity index (χ1) is 8.99. The van der Waals surface area contributed by atoms with Crippen LogP contribution in [0.3, 0.4) is 0 Å². The summed E-state index contributed by atoms with van der Waals surface area (Å²) in [5.41, 5.74) is 2.74. The first-order valence-corrected chi connectivity index (χ1v) is 6.96. The molecule has 19 heavy (non-hydrogen) atoms. The fraction of sp³-hybridized carbons (Fsp3) is 0.533. The van der Waals surface area contributed by atoms with Crippen molar-refractivity contribution in [2.75, 3.05) is 13.2 Å². The van der Waals surface area contributed by atoms with Crippen LogP contribution in [0.15, 0.2) is 18.7 Å². The summed E-state index contributed by atoms with van der Waals surface area (Å²) < 4.78 is 7.60. The predicted octanol–water partition coefficient (Wildman–Crippen LogP) is 3.51. The lowest BCUT2D eigenvalue weighted by Crippen LogP contribution is -2.13. The van der Waals surface area contributed by atoms with Gasteiger partial charge in [0.05, 0.1) is 18.6 Å². The molecule has 0 amide bonds. The number of carbonyl (C=O) groups is 1. The van der Waals surface area contributed by atoms with Crippen LogP contribution in [-0.4, -0.2) is 28.9 Å². The number of hydrogen-bond acceptors (Lipinski definition) is 2. The Morgan fingerprint density at radius 2 is 2.21 bits per heavy atom. The number of nitrogens with zero attached hydrogens (tertiary/aromatic N) is 1. The summed E-state index contributed by atoms with van der Waals surface area (Å²) >= 11 is 5.86. The standard InChI is InChI=1S/C15H22ClNO2/c1-5-6-8-19-9-7-17-11(2)10-14(13(17)4)15(18)12(3)16/h5,10,12H,1,6-9H2,2-4H3. The van der Waals surface area contributed by atoms with Crippen molar-refractivity contribution < 1.29 is 9.53 Å². The van der Waals surface area contributed by atoms with E-state index in [1.807, 2.05) is 26.0 Å². The van der Waals surface area contributed by atoms with Gasteiger partial charge in [0.2, 0.25) is 0 Å². The van der Waals surface area contributed by atoms with Crippen LogP contribution >= 0.6 is 11.6 Å². The van der Waals surface area contributed by atoms with Crippen LogP contribution < -0.4 is 0 Å². The number of hydrogen-bond donors (Lipinski definition) is 0. The molecule has 0 aliphatic carbocycles. The zero-order valence-corrected chi connectivity index (χ0v) is 12.7. The minimum Gasteiger partial charge on any atom is -0.379 e. The molecule has 1 aromatic heterocycles. The molecule has 0 fully saturated rings. The molecule has 1 atom stereocenters. The molecular formula is C15H22ClNO2. The smallest absolute Gasteiger partial charge is 0.182 e. The maximum Gasteiger partial charge on any atom is 0.182 e. The van der Waals surface area contributed by atoms with Crippen LogP contribution in [0.5, 0.6) is 0 Å². The van der Waals surface area contributed by atoms with Crippen molar-refractivity contribution in [2.45, 2.75) is 39.1 Å². The van der Waals surface area contributed by atoms with Crippen LogP contribution in [0, 0.1) is 13.8 Å². The SMILES string of the molecule is C=CCCOCCn1c(C)cc(C(=O)C(C)Cl)c1C. The van der Waals surface area contributed by atoms with E-state index in [9.17, 15) is 4.79 Å². The minimum atomic E-state index is -0.488. The van der Waals surface area contributed by atoms with Crippen molar-refractivity contribution in [3.05, 3.63) is 35.7 Å². The highest BCUT2D eigenvalue weighted by atomic mass is 35.5. The van der Waals surface area contributed by atoms with Crippen LogP contribution in [0.1, 0.15) is 35.1 Å². The molecule has 0 N–H and O–H groups in total. The number of alkyl halides is 1. The van der Waals surface area contributed by atoms with Gasteiger partial charge < -0.3 is 9.30 Å². The first-order valence-electron chi connectivity index (χ1n) is 6.52. The lowest BCUT2D eigenvalue weighted by atomic mass is 10.1. The summed E-state index contributed by atoms with van der Waals surface area (Å²) in [6.45, 7) is 11.4. The second kappa shape index (κ2) is 7.51. The molecule has 0 aliphatic rings. The van der Waals surface area contributed by atoms with Gasteiger partial charge in [-0.3, -0.25) is 4.79 Å². The average Bonchev–Trinajstić information content (AvgIpc) is 2.64. The summed E-state index contributed by atoms with van der Waals surface area (Å²) in [5, 5.41) is -0.488. The molecule has 0 aromatic carbocycles. The third-order valence-corrected chi connectivity index (χ3v) is 3.32. The molecule has 0 saturated carbocycles. The van der Waals surface area contributed by atoms with Crippen LogP contribution in [0.2, 0.25) is 0 Å². The van der Waals surface area contributed by atoms with E-state index in [1.165, 1.54) is 0 Å². The molecule has 1 aromatic rings. The monoisotopic (exact) mass is 283 g/mol. The fourth-order valence-electron chi connectivity index (χ4n) is 2.03. The molecule has 0 spiro atoms. The Bertz CT molecular complexity index is 449. The zero-order chi connectivity index (χ0) is 14.4. The number of aromatic nitrogens is 1. The van der Waals surface area contributed by atoms with E-state index in [4.69, 9.17) is 16.3 Å². The molecule has 0 saturated heterocycles. The second-order valence-corrected chi connectivity index (χ2v) is 5.26. The summed E-state index contributed by atoms with van der Waals surface area (Å²) in [7, 11) is 0. The predicted molar refractivity (Wildman–Crippen MR) is 79.2 cm³/mol. The van der Waals surface area contributed by atoms with E-state index in [1.54, 1.807) is 6.92 Å². The molecule has 0 bridgehead atoms. The lowest BCUT2D eigenvalue weighted by Gasteiger charge is -2.10. The third kappa shape index (κ3) is 4.22. The molecule has 0 aliphatic heterocycles. The highest BCUT2D eigenvalue weighted by Gasteiger charge is 2.18. The van der Waals surface area contributed by atoms with Gasteiger partial charge in [-0.25, -0.2) is 0 Å². The Kier molecular flexibility index (Phi) is 6.32. The number of rotatable bonds is 8. The zero-order valence-electron chi connectivity index (χ0n) is 11.9. The number of aryl methyl sites for hydroxylation is 1. The maximum absolute atomic E-state index is 12.0. The van der Waals surface area contributed by atoms with E-state index in [-0.39, 0.29) is 5.78 Å². The summed E-state index contributed by atoms with van der Waals surface area (Å²) in [4.78, 5) is 12.0. The minimum absolute atomic E-state index is 0.0198. The maximum atomic E-state index is 12.0. The molecule has 3 nitrogen and oxygen atoms in total. The van der Waals surface area contributed by atoms with Crippen LogP contribution in [0.4, 0.5) is 0 Å². The van der Waals surface area contributed by atoms with E-state index in [0.717, 1.165) is 24.4 Å². The Morgan fingerprint density at radius 3 is 2.79 bits per heavy atom. The fourth-order valence-corrected chi connectivity index (χ4v) is 2.15. The second-order valence-electron chi connectivity index (χ2n) is 4.61. The van der Waals surface area contributed by atoms with Gasteiger partial charge in [-0.1, -0.05) is 6.08 Å². The first kappa shape index (κ1) is 16.0. The third-order valence-electron chi connectivity index (χ3n) is 3.13.